The number of anilines is 1. The number of hydrogen-bond donors (Lipinski definition) is 2. The monoisotopic (exact) mass is 345 g/mol. The van der Waals surface area contributed by atoms with Gasteiger partial charge in [0.25, 0.3) is 0 Å². The van der Waals surface area contributed by atoms with Crippen LogP contribution in [0, 0.1) is 12.8 Å². The van der Waals surface area contributed by atoms with Crippen LogP contribution in [0.1, 0.15) is 51.0 Å². The van der Waals surface area contributed by atoms with E-state index >= 15 is 0 Å². The topological polar surface area (TPSA) is 79.8 Å². The number of hydrazone groups is 1. The summed E-state index contributed by atoms with van der Waals surface area (Å²) in [4.78, 5) is 24.3. The third kappa shape index (κ3) is 5.89. The molecule has 25 heavy (non-hydrogen) atoms. The lowest BCUT2D eigenvalue weighted by Crippen LogP contribution is -2.29. The number of hydrogen-bond acceptors (Lipinski definition) is 4. The SMILES string of the molecule is COc1ccc(C)cc1NC(=O)C/C(C)=N/NC(=O)C1CCCCC1. The summed E-state index contributed by atoms with van der Waals surface area (Å²) in [5.74, 6) is 0.423. The summed E-state index contributed by atoms with van der Waals surface area (Å²) in [5, 5.41) is 6.89. The molecule has 1 fully saturated rings. The number of aryl methyl sites for hydroxylation is 1. The molecule has 0 aliphatic heterocycles. The zero-order chi connectivity index (χ0) is 18.2. The molecule has 0 bridgehead atoms. The summed E-state index contributed by atoms with van der Waals surface area (Å²) < 4.78 is 5.25. The van der Waals surface area contributed by atoms with E-state index in [4.69, 9.17) is 4.74 Å². The summed E-state index contributed by atoms with van der Waals surface area (Å²) in [7, 11) is 1.56. The second kappa shape index (κ2) is 9.20. The molecule has 0 heterocycles. The molecule has 0 saturated heterocycles. The highest BCUT2D eigenvalue weighted by Gasteiger charge is 2.20. The van der Waals surface area contributed by atoms with Crippen LogP contribution in [0.5, 0.6) is 5.75 Å². The van der Waals surface area contributed by atoms with Crippen molar-refractivity contribution in [1.29, 1.82) is 0 Å². The van der Waals surface area contributed by atoms with Crippen molar-refractivity contribution in [2.24, 2.45) is 11.0 Å². The second-order valence-corrected chi connectivity index (χ2v) is 6.59. The Morgan fingerprint density at radius 1 is 1.24 bits per heavy atom. The number of carbonyl (C=O) groups is 2. The zero-order valence-corrected chi connectivity index (χ0v) is 15.2. The Hall–Kier alpha value is -2.37. The Kier molecular flexibility index (Phi) is 6.98. The molecule has 0 atom stereocenters. The minimum absolute atomic E-state index is 0.0418. The smallest absolute Gasteiger partial charge is 0.243 e. The van der Waals surface area contributed by atoms with Gasteiger partial charge >= 0.3 is 0 Å². The number of nitrogens with zero attached hydrogens (tertiary/aromatic N) is 1. The van der Waals surface area contributed by atoms with Gasteiger partial charge in [-0.2, -0.15) is 5.10 Å². The lowest BCUT2D eigenvalue weighted by molar-refractivity contribution is -0.126. The molecule has 6 nitrogen and oxygen atoms in total. The fourth-order valence-electron chi connectivity index (χ4n) is 2.99. The van der Waals surface area contributed by atoms with E-state index in [1.807, 2.05) is 25.1 Å². The van der Waals surface area contributed by atoms with Crippen molar-refractivity contribution in [2.45, 2.75) is 52.4 Å². The molecule has 1 saturated carbocycles. The highest BCUT2D eigenvalue weighted by atomic mass is 16.5. The van der Waals surface area contributed by atoms with Gasteiger partial charge in [-0.3, -0.25) is 9.59 Å². The third-order valence-electron chi connectivity index (χ3n) is 4.38. The minimum atomic E-state index is -0.197. The first-order valence-corrected chi connectivity index (χ1v) is 8.77. The molecule has 2 amide bonds. The van der Waals surface area contributed by atoms with Crippen LogP contribution < -0.4 is 15.5 Å². The minimum Gasteiger partial charge on any atom is -0.495 e. The molecular weight excluding hydrogens is 318 g/mol. The van der Waals surface area contributed by atoms with Crippen molar-refractivity contribution in [1.82, 2.24) is 5.43 Å². The van der Waals surface area contributed by atoms with Gasteiger partial charge in [-0.15, -0.1) is 0 Å². The van der Waals surface area contributed by atoms with Crippen LogP contribution >= 0.6 is 0 Å². The van der Waals surface area contributed by atoms with Crippen molar-refractivity contribution in [3.05, 3.63) is 23.8 Å². The summed E-state index contributed by atoms with van der Waals surface area (Å²) >= 11 is 0. The van der Waals surface area contributed by atoms with Crippen molar-refractivity contribution in [3.8, 4) is 5.75 Å². The average Bonchev–Trinajstić information content (AvgIpc) is 2.60. The molecule has 2 rings (SSSR count). The van der Waals surface area contributed by atoms with E-state index in [0.717, 1.165) is 31.2 Å². The standard InChI is InChI=1S/C19H27N3O3/c1-13-9-10-17(25-3)16(11-13)20-18(23)12-14(2)21-22-19(24)15-7-5-4-6-8-15/h9-11,15H,4-8,12H2,1-3H3,(H,20,23)(H,22,24)/b21-14+. The molecule has 1 aliphatic rings. The maximum Gasteiger partial charge on any atom is 0.243 e. The van der Waals surface area contributed by atoms with E-state index in [2.05, 4.69) is 15.8 Å². The van der Waals surface area contributed by atoms with Crippen LogP contribution in [0.3, 0.4) is 0 Å². The summed E-state index contributed by atoms with van der Waals surface area (Å²) in [6.07, 6.45) is 5.36. The lowest BCUT2D eigenvalue weighted by Gasteiger charge is -2.19. The number of rotatable bonds is 6. The normalized spacial score (nSPS) is 15.6. The van der Waals surface area contributed by atoms with E-state index in [1.54, 1.807) is 14.0 Å². The van der Waals surface area contributed by atoms with Gasteiger partial charge in [-0.25, -0.2) is 5.43 Å². The quantitative estimate of drug-likeness (QED) is 0.612. The maximum atomic E-state index is 12.2. The van der Waals surface area contributed by atoms with Crippen LogP contribution in [0.2, 0.25) is 0 Å². The van der Waals surface area contributed by atoms with Gasteiger partial charge in [-0.05, 0) is 44.4 Å². The fraction of sp³-hybridized carbons (Fsp3) is 0.526. The molecular formula is C19H27N3O3. The fourth-order valence-corrected chi connectivity index (χ4v) is 2.99. The lowest BCUT2D eigenvalue weighted by atomic mass is 9.89. The number of methoxy groups -OCH3 is 1. The van der Waals surface area contributed by atoms with Crippen LogP contribution in [-0.2, 0) is 9.59 Å². The van der Waals surface area contributed by atoms with Crippen molar-refractivity contribution in [2.75, 3.05) is 12.4 Å². The Bertz CT molecular complexity index is 649. The van der Waals surface area contributed by atoms with Gasteiger partial charge in [0.2, 0.25) is 11.8 Å². The van der Waals surface area contributed by atoms with Crippen molar-refractivity contribution >= 4 is 23.2 Å². The van der Waals surface area contributed by atoms with Crippen LogP contribution in [0.15, 0.2) is 23.3 Å². The predicted octanol–water partition coefficient (Wildman–Crippen LogP) is 3.40. The van der Waals surface area contributed by atoms with E-state index < -0.39 is 0 Å². The van der Waals surface area contributed by atoms with E-state index in [0.29, 0.717) is 17.1 Å². The highest BCUT2D eigenvalue weighted by molar-refractivity contribution is 6.06. The number of amides is 2. The van der Waals surface area contributed by atoms with Crippen molar-refractivity contribution in [3.63, 3.8) is 0 Å². The van der Waals surface area contributed by atoms with E-state index in [9.17, 15) is 9.59 Å². The Morgan fingerprint density at radius 2 is 1.96 bits per heavy atom. The van der Waals surface area contributed by atoms with Gasteiger partial charge in [-0.1, -0.05) is 25.3 Å². The number of carbonyl (C=O) groups excluding carboxylic acids is 2. The van der Waals surface area contributed by atoms with Crippen LogP contribution in [-0.4, -0.2) is 24.6 Å². The average molecular weight is 345 g/mol. The largest absolute Gasteiger partial charge is 0.495 e. The first-order chi connectivity index (χ1) is 12.0. The molecule has 6 heteroatoms. The van der Waals surface area contributed by atoms with Gasteiger partial charge in [0.1, 0.15) is 5.75 Å². The third-order valence-corrected chi connectivity index (χ3v) is 4.38. The summed E-state index contributed by atoms with van der Waals surface area (Å²) in [6, 6.07) is 5.59. The van der Waals surface area contributed by atoms with Gasteiger partial charge < -0.3 is 10.1 Å². The van der Waals surface area contributed by atoms with Crippen molar-refractivity contribution < 1.29 is 14.3 Å². The summed E-state index contributed by atoms with van der Waals surface area (Å²) in [6.45, 7) is 3.68. The molecule has 136 valence electrons. The van der Waals surface area contributed by atoms with Gasteiger partial charge in [0.15, 0.2) is 0 Å². The van der Waals surface area contributed by atoms with Crippen LogP contribution in [0.4, 0.5) is 5.69 Å². The Morgan fingerprint density at radius 3 is 2.64 bits per heavy atom. The number of benzene rings is 1. The molecule has 0 spiro atoms. The molecule has 2 N–H and O–H groups in total. The zero-order valence-electron chi connectivity index (χ0n) is 15.2. The molecule has 1 aliphatic carbocycles. The molecule has 0 radical (unpaired) electrons. The van der Waals surface area contributed by atoms with Gasteiger partial charge in [0.05, 0.1) is 19.2 Å². The summed E-state index contributed by atoms with van der Waals surface area (Å²) in [5.41, 5.74) is 4.82. The first-order valence-electron chi connectivity index (χ1n) is 8.77. The number of nitrogens with one attached hydrogen (secondary N) is 2. The molecule has 1 aromatic rings. The number of ether oxygens (including phenoxy) is 1. The van der Waals surface area contributed by atoms with Crippen LogP contribution in [0.25, 0.3) is 0 Å². The molecule has 1 aromatic carbocycles. The molecule has 0 aromatic heterocycles. The van der Waals surface area contributed by atoms with Gasteiger partial charge in [0, 0.05) is 11.6 Å². The second-order valence-electron chi connectivity index (χ2n) is 6.59. The predicted molar refractivity (Wildman–Crippen MR) is 98.8 cm³/mol. The highest BCUT2D eigenvalue weighted by Crippen LogP contribution is 2.25. The maximum absolute atomic E-state index is 12.2. The Balaban J connectivity index is 1.87. The van der Waals surface area contributed by atoms with E-state index in [-0.39, 0.29) is 24.2 Å². The first kappa shape index (κ1) is 19.0. The van der Waals surface area contributed by atoms with E-state index in [1.165, 1.54) is 6.42 Å². The Labute approximate surface area is 149 Å². The molecule has 0 unspecified atom stereocenters.